The van der Waals surface area contributed by atoms with E-state index in [1.54, 1.807) is 24.4 Å². The van der Waals surface area contributed by atoms with E-state index in [0.29, 0.717) is 11.4 Å². The van der Waals surface area contributed by atoms with E-state index in [2.05, 4.69) is 10.3 Å². The average molecular weight is 462 g/mol. The van der Waals surface area contributed by atoms with E-state index in [0.717, 1.165) is 0 Å². The van der Waals surface area contributed by atoms with Crippen LogP contribution >= 0.6 is 0 Å². The number of para-hydroxylation sites is 2. The highest BCUT2D eigenvalue weighted by Crippen LogP contribution is 2.45. The highest BCUT2D eigenvalue weighted by molar-refractivity contribution is 5.51. The second-order valence-electron chi connectivity index (χ2n) is 9.18. The standard InChI is InChI=1S/C21H26N4O8/c1-19(2)30-12-21(33-19)18(17-16(11-29-21)31-20(3,4)32-17)28-10-13-9-24(23-22-13)14-7-5-6-8-15(14)25(26)27/h5-9,16-18H,10-12H2,1-4H3/t16-,17-,18+,21+/m1/s1. The molecular formula is C21H26N4O8. The molecule has 12 nitrogen and oxygen atoms in total. The number of benzene rings is 1. The molecule has 1 aromatic heterocycles. The number of hydrogen-bond donors (Lipinski definition) is 0. The molecular weight excluding hydrogens is 436 g/mol. The van der Waals surface area contributed by atoms with Crippen molar-refractivity contribution in [3.63, 3.8) is 0 Å². The maximum atomic E-state index is 11.3. The van der Waals surface area contributed by atoms with Crippen LogP contribution in [0, 0.1) is 10.1 Å². The van der Waals surface area contributed by atoms with Crippen molar-refractivity contribution in [2.75, 3.05) is 13.2 Å². The van der Waals surface area contributed by atoms with E-state index in [4.69, 9.17) is 28.4 Å². The topological polar surface area (TPSA) is 129 Å². The van der Waals surface area contributed by atoms with Crippen LogP contribution in [0.5, 0.6) is 0 Å². The molecule has 0 radical (unpaired) electrons. The number of aromatic nitrogens is 3. The Labute approximate surface area is 189 Å². The number of nitro groups is 1. The predicted molar refractivity (Wildman–Crippen MR) is 110 cm³/mol. The van der Waals surface area contributed by atoms with Crippen molar-refractivity contribution in [3.8, 4) is 5.69 Å². The summed E-state index contributed by atoms with van der Waals surface area (Å²) in [4.78, 5) is 10.9. The Balaban J connectivity index is 1.38. The molecule has 33 heavy (non-hydrogen) atoms. The van der Waals surface area contributed by atoms with Crippen LogP contribution in [0.2, 0.25) is 0 Å². The SMILES string of the molecule is CC1(C)O[C@@H]2[C@@H](CO[C@]3(COC(C)(C)O3)[C@H]2OCc2cn(-c3ccccc3[N+](=O)[O-])nn2)O1. The third-order valence-corrected chi connectivity index (χ3v) is 5.76. The van der Waals surface area contributed by atoms with Crippen molar-refractivity contribution >= 4 is 5.69 Å². The van der Waals surface area contributed by atoms with Gasteiger partial charge < -0.3 is 28.4 Å². The number of nitrogens with zero attached hydrogens (tertiary/aromatic N) is 4. The summed E-state index contributed by atoms with van der Waals surface area (Å²) in [5.74, 6) is -2.81. The van der Waals surface area contributed by atoms with Gasteiger partial charge in [-0.25, -0.2) is 4.68 Å². The predicted octanol–water partition coefficient (Wildman–Crippen LogP) is 2.09. The molecule has 3 fully saturated rings. The number of nitro benzene ring substituents is 1. The summed E-state index contributed by atoms with van der Waals surface area (Å²) in [7, 11) is 0. The van der Waals surface area contributed by atoms with E-state index in [1.165, 1.54) is 10.7 Å². The molecule has 0 saturated carbocycles. The van der Waals surface area contributed by atoms with Gasteiger partial charge in [-0.3, -0.25) is 10.1 Å². The van der Waals surface area contributed by atoms with E-state index in [-0.39, 0.29) is 31.6 Å². The zero-order valence-corrected chi connectivity index (χ0v) is 18.8. The molecule has 0 aliphatic carbocycles. The van der Waals surface area contributed by atoms with Crippen LogP contribution in [0.1, 0.15) is 33.4 Å². The minimum Gasteiger partial charge on any atom is -0.363 e. The van der Waals surface area contributed by atoms with Crippen molar-refractivity contribution in [1.29, 1.82) is 0 Å². The largest absolute Gasteiger partial charge is 0.363 e. The molecule has 5 rings (SSSR count). The number of hydrogen-bond acceptors (Lipinski definition) is 10. The Bertz CT molecular complexity index is 1050. The molecule has 4 atom stereocenters. The van der Waals surface area contributed by atoms with Gasteiger partial charge in [-0.1, -0.05) is 17.3 Å². The van der Waals surface area contributed by atoms with Gasteiger partial charge in [0.2, 0.25) is 5.79 Å². The van der Waals surface area contributed by atoms with Gasteiger partial charge >= 0.3 is 0 Å². The third-order valence-electron chi connectivity index (χ3n) is 5.76. The van der Waals surface area contributed by atoms with Gasteiger partial charge in [0.15, 0.2) is 11.6 Å². The van der Waals surface area contributed by atoms with Gasteiger partial charge in [0.05, 0.1) is 24.3 Å². The zero-order chi connectivity index (χ0) is 23.4. The normalized spacial score (nSPS) is 32.2. The second kappa shape index (κ2) is 7.79. The lowest BCUT2D eigenvalue weighted by Gasteiger charge is -2.43. The lowest BCUT2D eigenvalue weighted by Crippen LogP contribution is -2.62. The van der Waals surface area contributed by atoms with Gasteiger partial charge in [-0.05, 0) is 33.8 Å². The molecule has 12 heteroatoms. The highest BCUT2D eigenvalue weighted by atomic mass is 16.9. The van der Waals surface area contributed by atoms with Crippen LogP contribution in [0.3, 0.4) is 0 Å². The first kappa shape index (κ1) is 22.3. The summed E-state index contributed by atoms with van der Waals surface area (Å²) in [5, 5.41) is 19.5. The second-order valence-corrected chi connectivity index (χ2v) is 9.18. The Morgan fingerprint density at radius 2 is 1.97 bits per heavy atom. The maximum Gasteiger partial charge on any atom is 0.294 e. The van der Waals surface area contributed by atoms with Crippen molar-refractivity contribution in [2.24, 2.45) is 0 Å². The number of fused-ring (bicyclic) bond motifs is 1. The minimum atomic E-state index is -1.16. The van der Waals surface area contributed by atoms with Crippen molar-refractivity contribution in [3.05, 3.63) is 46.3 Å². The molecule has 0 N–H and O–H groups in total. The summed E-state index contributed by atoms with van der Waals surface area (Å²) in [6.07, 6.45) is 0.139. The summed E-state index contributed by atoms with van der Waals surface area (Å²) >= 11 is 0. The fourth-order valence-corrected chi connectivity index (χ4v) is 4.46. The minimum absolute atomic E-state index is 0.0488. The van der Waals surface area contributed by atoms with Crippen LogP contribution in [0.4, 0.5) is 5.69 Å². The molecule has 4 heterocycles. The number of rotatable bonds is 5. The van der Waals surface area contributed by atoms with Crippen LogP contribution in [0.15, 0.2) is 30.5 Å². The molecule has 178 valence electrons. The van der Waals surface area contributed by atoms with Gasteiger partial charge in [-0.15, -0.1) is 5.10 Å². The summed E-state index contributed by atoms with van der Waals surface area (Å²) in [5.41, 5.74) is 0.707. The first-order valence-corrected chi connectivity index (χ1v) is 10.7. The van der Waals surface area contributed by atoms with E-state index >= 15 is 0 Å². The maximum absolute atomic E-state index is 11.3. The zero-order valence-electron chi connectivity index (χ0n) is 18.8. The quantitative estimate of drug-likeness (QED) is 0.481. The molecule has 2 aromatic rings. The first-order valence-electron chi connectivity index (χ1n) is 10.7. The molecule has 1 aromatic carbocycles. The fraction of sp³-hybridized carbons (Fsp3) is 0.619. The van der Waals surface area contributed by atoms with Crippen LogP contribution < -0.4 is 0 Å². The molecule has 1 spiro atoms. The van der Waals surface area contributed by atoms with E-state index in [1.807, 2.05) is 27.7 Å². The fourth-order valence-electron chi connectivity index (χ4n) is 4.46. The smallest absolute Gasteiger partial charge is 0.294 e. The summed E-state index contributed by atoms with van der Waals surface area (Å²) < 4.78 is 37.8. The van der Waals surface area contributed by atoms with Crippen molar-refractivity contribution < 1.29 is 33.3 Å². The molecule has 3 aliphatic heterocycles. The van der Waals surface area contributed by atoms with Gasteiger partial charge in [-0.2, -0.15) is 0 Å². The molecule has 3 aliphatic rings. The monoisotopic (exact) mass is 462 g/mol. The Morgan fingerprint density at radius 3 is 2.70 bits per heavy atom. The highest BCUT2D eigenvalue weighted by Gasteiger charge is 2.63. The Hall–Kier alpha value is -2.48. The van der Waals surface area contributed by atoms with Crippen molar-refractivity contribution in [2.45, 2.75) is 70.0 Å². The first-order chi connectivity index (χ1) is 15.6. The van der Waals surface area contributed by atoms with E-state index < -0.39 is 34.5 Å². The van der Waals surface area contributed by atoms with Gasteiger partial charge in [0.1, 0.15) is 36.3 Å². The molecule has 0 bridgehead atoms. The molecule has 0 amide bonds. The molecule has 0 unspecified atom stereocenters. The number of ether oxygens (including phenoxy) is 6. The third kappa shape index (κ3) is 4.14. The lowest BCUT2D eigenvalue weighted by atomic mass is 9.97. The van der Waals surface area contributed by atoms with E-state index in [9.17, 15) is 10.1 Å². The lowest BCUT2D eigenvalue weighted by molar-refractivity contribution is -0.384. The van der Waals surface area contributed by atoms with Gasteiger partial charge in [0.25, 0.3) is 5.69 Å². The van der Waals surface area contributed by atoms with Gasteiger partial charge in [0, 0.05) is 6.07 Å². The van der Waals surface area contributed by atoms with Crippen molar-refractivity contribution in [1.82, 2.24) is 15.0 Å². The van der Waals surface area contributed by atoms with Crippen LogP contribution in [-0.4, -0.2) is 68.8 Å². The average Bonchev–Trinajstić information content (AvgIpc) is 3.42. The van der Waals surface area contributed by atoms with Crippen LogP contribution in [0.25, 0.3) is 5.69 Å². The Kier molecular flexibility index (Phi) is 5.27. The summed E-state index contributed by atoms with van der Waals surface area (Å²) in [6.45, 7) is 7.78. The Morgan fingerprint density at radius 1 is 1.18 bits per heavy atom. The summed E-state index contributed by atoms with van der Waals surface area (Å²) in [6, 6.07) is 6.30. The molecule has 3 saturated heterocycles. The van der Waals surface area contributed by atoms with Crippen LogP contribution in [-0.2, 0) is 35.0 Å².